The van der Waals surface area contributed by atoms with Crippen molar-refractivity contribution in [2.45, 2.75) is 57.0 Å². The molecule has 1 spiro atoms. The number of hydrogen-bond acceptors (Lipinski definition) is 4. The van der Waals surface area contributed by atoms with Crippen molar-refractivity contribution in [2.24, 2.45) is 0 Å². The van der Waals surface area contributed by atoms with E-state index in [1.165, 1.54) is 6.07 Å². The molecule has 2 aliphatic heterocycles. The predicted octanol–water partition coefficient (Wildman–Crippen LogP) is 4.69. The number of halogens is 3. The van der Waals surface area contributed by atoms with E-state index in [0.29, 0.717) is 18.5 Å². The largest absolute Gasteiger partial charge is 0.444 e. The van der Waals surface area contributed by atoms with Crippen LogP contribution in [0.15, 0.2) is 48.5 Å². The molecule has 1 fully saturated rings. The lowest BCUT2D eigenvalue weighted by atomic mass is 9.79. The molecule has 0 bridgehead atoms. The minimum absolute atomic E-state index is 0.164. The summed E-state index contributed by atoms with van der Waals surface area (Å²) in [6, 6.07) is 12.2. The summed E-state index contributed by atoms with van der Waals surface area (Å²) in [5.74, 6) is -0.164. The van der Waals surface area contributed by atoms with E-state index in [9.17, 15) is 22.8 Å². The van der Waals surface area contributed by atoms with E-state index in [-0.39, 0.29) is 25.0 Å². The van der Waals surface area contributed by atoms with Crippen LogP contribution in [0.5, 0.6) is 0 Å². The van der Waals surface area contributed by atoms with Gasteiger partial charge < -0.3 is 20.3 Å². The Morgan fingerprint density at radius 2 is 1.91 bits per heavy atom. The van der Waals surface area contributed by atoms with E-state index in [1.807, 2.05) is 24.3 Å². The molecule has 34 heavy (non-hydrogen) atoms. The standard InChI is InChI=1S/C25H28F3N3O3/c1-23(2,3)34-22(33)31-15-24(19-9-4-5-10-20(19)30-21(24)32)12-18(31)14-29-13-16-7-6-8-17(11-16)25(26,27)28/h4-11,18,29H,12-15H2,1-3H3,(H,30,32)/t18-,24-/m1/s1. The van der Waals surface area contributed by atoms with Crippen LogP contribution in [0.25, 0.3) is 0 Å². The molecule has 1 saturated heterocycles. The Morgan fingerprint density at radius 1 is 1.18 bits per heavy atom. The number of nitrogens with zero attached hydrogens (tertiary/aromatic N) is 1. The summed E-state index contributed by atoms with van der Waals surface area (Å²) in [4.78, 5) is 27.7. The third-order valence-corrected chi connectivity index (χ3v) is 6.18. The van der Waals surface area contributed by atoms with Crippen LogP contribution in [0.3, 0.4) is 0 Å². The molecule has 182 valence electrons. The smallest absolute Gasteiger partial charge is 0.416 e. The monoisotopic (exact) mass is 475 g/mol. The van der Waals surface area contributed by atoms with Gasteiger partial charge >= 0.3 is 12.3 Å². The fourth-order valence-electron chi connectivity index (χ4n) is 4.69. The number of amides is 2. The van der Waals surface area contributed by atoms with Crippen LogP contribution in [0, 0.1) is 0 Å². The number of alkyl halides is 3. The lowest BCUT2D eigenvalue weighted by Crippen LogP contribution is -2.45. The first kappa shape index (κ1) is 24.1. The van der Waals surface area contributed by atoms with Crippen LogP contribution in [-0.2, 0) is 27.7 Å². The maximum atomic E-state index is 13.1. The first-order valence-electron chi connectivity index (χ1n) is 11.2. The molecule has 0 aliphatic carbocycles. The first-order chi connectivity index (χ1) is 15.9. The van der Waals surface area contributed by atoms with Crippen LogP contribution in [0.1, 0.15) is 43.9 Å². The van der Waals surface area contributed by atoms with Crippen molar-refractivity contribution in [1.29, 1.82) is 0 Å². The van der Waals surface area contributed by atoms with Gasteiger partial charge in [-0.1, -0.05) is 36.4 Å². The van der Waals surface area contributed by atoms with Gasteiger partial charge in [-0.2, -0.15) is 13.2 Å². The second kappa shape index (κ2) is 8.61. The van der Waals surface area contributed by atoms with E-state index in [4.69, 9.17) is 4.74 Å². The molecule has 0 unspecified atom stereocenters. The van der Waals surface area contributed by atoms with Crippen LogP contribution in [-0.4, -0.2) is 41.6 Å². The normalized spacial score (nSPS) is 22.1. The topological polar surface area (TPSA) is 70.7 Å². The third kappa shape index (κ3) is 4.75. The summed E-state index contributed by atoms with van der Waals surface area (Å²) < 4.78 is 44.7. The average molecular weight is 476 g/mol. The van der Waals surface area contributed by atoms with Gasteiger partial charge in [0.25, 0.3) is 0 Å². The lowest BCUT2D eigenvalue weighted by molar-refractivity contribution is -0.137. The second-order valence-electron chi connectivity index (χ2n) is 9.88. The number of para-hydroxylation sites is 1. The van der Waals surface area contributed by atoms with Gasteiger partial charge in [0, 0.05) is 31.4 Å². The quantitative estimate of drug-likeness (QED) is 0.673. The number of hydrogen-bond donors (Lipinski definition) is 2. The highest BCUT2D eigenvalue weighted by molar-refractivity contribution is 6.07. The highest BCUT2D eigenvalue weighted by Crippen LogP contribution is 2.46. The van der Waals surface area contributed by atoms with Gasteiger partial charge in [0.15, 0.2) is 0 Å². The summed E-state index contributed by atoms with van der Waals surface area (Å²) in [7, 11) is 0. The van der Waals surface area contributed by atoms with Crippen LogP contribution < -0.4 is 10.6 Å². The molecule has 2 aromatic carbocycles. The molecule has 0 aromatic heterocycles. The molecule has 2 aromatic rings. The molecule has 2 amide bonds. The molecule has 2 N–H and O–H groups in total. The predicted molar refractivity (Wildman–Crippen MR) is 121 cm³/mol. The van der Waals surface area contributed by atoms with E-state index in [0.717, 1.165) is 23.4 Å². The SMILES string of the molecule is CC(C)(C)OC(=O)N1C[C@@]2(C[C@@H]1CNCc1cccc(C(F)(F)F)c1)C(=O)Nc1ccccc12. The molecular formula is C25H28F3N3O3. The number of ether oxygens (including phenoxy) is 1. The average Bonchev–Trinajstić information content (AvgIpc) is 3.25. The molecule has 2 atom stereocenters. The van der Waals surface area contributed by atoms with Gasteiger partial charge in [-0.05, 0) is 50.5 Å². The Morgan fingerprint density at radius 3 is 2.62 bits per heavy atom. The van der Waals surface area contributed by atoms with Gasteiger partial charge in [-0.25, -0.2) is 4.79 Å². The van der Waals surface area contributed by atoms with Gasteiger partial charge in [-0.15, -0.1) is 0 Å². The van der Waals surface area contributed by atoms with E-state index < -0.39 is 28.8 Å². The van der Waals surface area contributed by atoms with Crippen molar-refractivity contribution in [3.63, 3.8) is 0 Å². The van der Waals surface area contributed by atoms with Crippen LogP contribution in [0.2, 0.25) is 0 Å². The molecule has 0 radical (unpaired) electrons. The molecular weight excluding hydrogens is 447 g/mol. The number of likely N-dealkylation sites (tertiary alicyclic amines) is 1. The minimum atomic E-state index is -4.41. The van der Waals surface area contributed by atoms with E-state index >= 15 is 0 Å². The number of fused-ring (bicyclic) bond motifs is 2. The van der Waals surface area contributed by atoms with Gasteiger partial charge in [-0.3, -0.25) is 4.79 Å². The van der Waals surface area contributed by atoms with Crippen molar-refractivity contribution in [3.8, 4) is 0 Å². The van der Waals surface area contributed by atoms with Crippen molar-refractivity contribution < 1.29 is 27.5 Å². The van der Waals surface area contributed by atoms with Crippen molar-refractivity contribution in [2.75, 3.05) is 18.4 Å². The van der Waals surface area contributed by atoms with Crippen LogP contribution >= 0.6 is 0 Å². The molecule has 2 heterocycles. The zero-order valence-corrected chi connectivity index (χ0v) is 19.3. The zero-order valence-electron chi connectivity index (χ0n) is 19.3. The van der Waals surface area contributed by atoms with Gasteiger partial charge in [0.05, 0.1) is 11.0 Å². The summed E-state index contributed by atoms with van der Waals surface area (Å²) in [6.07, 6.45) is -4.55. The maximum absolute atomic E-state index is 13.1. The van der Waals surface area contributed by atoms with Gasteiger partial charge in [0.1, 0.15) is 5.60 Å². The molecule has 9 heteroatoms. The Bertz CT molecular complexity index is 1100. The van der Waals surface area contributed by atoms with E-state index in [1.54, 1.807) is 31.7 Å². The highest BCUT2D eigenvalue weighted by Gasteiger charge is 2.56. The highest BCUT2D eigenvalue weighted by atomic mass is 19.4. The van der Waals surface area contributed by atoms with Crippen molar-refractivity contribution in [3.05, 3.63) is 65.2 Å². The Kier molecular flexibility index (Phi) is 6.10. The third-order valence-electron chi connectivity index (χ3n) is 6.18. The van der Waals surface area contributed by atoms with Crippen molar-refractivity contribution >= 4 is 17.7 Å². The summed E-state index contributed by atoms with van der Waals surface area (Å²) in [5, 5.41) is 6.08. The number of anilines is 1. The van der Waals surface area contributed by atoms with Crippen LogP contribution in [0.4, 0.5) is 23.7 Å². The van der Waals surface area contributed by atoms with E-state index in [2.05, 4.69) is 10.6 Å². The number of benzene rings is 2. The second-order valence-corrected chi connectivity index (χ2v) is 9.88. The van der Waals surface area contributed by atoms with Gasteiger partial charge in [0.2, 0.25) is 5.91 Å². The Balaban J connectivity index is 1.53. The molecule has 0 saturated carbocycles. The minimum Gasteiger partial charge on any atom is -0.444 e. The fourth-order valence-corrected chi connectivity index (χ4v) is 4.69. The van der Waals surface area contributed by atoms with Crippen molar-refractivity contribution in [1.82, 2.24) is 10.2 Å². The number of rotatable bonds is 4. The number of carbonyl (C=O) groups is 2. The number of nitrogens with one attached hydrogen (secondary N) is 2. The fraction of sp³-hybridized carbons (Fsp3) is 0.440. The maximum Gasteiger partial charge on any atom is 0.416 e. The summed E-state index contributed by atoms with van der Waals surface area (Å²) in [6.45, 7) is 5.98. The Labute approximate surface area is 196 Å². The lowest BCUT2D eigenvalue weighted by Gasteiger charge is -2.29. The summed E-state index contributed by atoms with van der Waals surface area (Å²) >= 11 is 0. The first-order valence-corrected chi connectivity index (χ1v) is 11.2. The summed E-state index contributed by atoms with van der Waals surface area (Å²) in [5.41, 5.74) is -0.256. The Hall–Kier alpha value is -3.07. The molecule has 6 nitrogen and oxygen atoms in total. The number of carbonyl (C=O) groups excluding carboxylic acids is 2. The zero-order chi connectivity index (χ0) is 24.7. The molecule has 2 aliphatic rings. The molecule has 4 rings (SSSR count).